The Morgan fingerprint density at radius 1 is 1.29 bits per heavy atom. The van der Waals surface area contributed by atoms with Crippen molar-refractivity contribution in [3.63, 3.8) is 0 Å². The third-order valence-corrected chi connectivity index (χ3v) is 3.73. The molecule has 0 aliphatic heterocycles. The molecule has 0 atom stereocenters. The molecule has 21 heavy (non-hydrogen) atoms. The molecule has 0 aliphatic rings. The first kappa shape index (κ1) is 15.7. The summed E-state index contributed by atoms with van der Waals surface area (Å²) in [6, 6.07) is 12.5. The van der Waals surface area contributed by atoms with Crippen LogP contribution in [0.2, 0.25) is 0 Å². The molecule has 0 heterocycles. The van der Waals surface area contributed by atoms with E-state index in [1.165, 1.54) is 7.11 Å². The molecule has 0 spiro atoms. The maximum absolute atomic E-state index is 12.4. The quantitative estimate of drug-likeness (QED) is 0.598. The SMILES string of the molecule is COc1cccc(C(N)=S)c1NC(=O)c1cccc(I)c1. The van der Waals surface area contributed by atoms with Crippen molar-refractivity contribution in [3.05, 3.63) is 57.2 Å². The van der Waals surface area contributed by atoms with Gasteiger partial charge in [-0.1, -0.05) is 24.4 Å². The molecule has 6 heteroatoms. The highest BCUT2D eigenvalue weighted by Crippen LogP contribution is 2.29. The number of carbonyl (C=O) groups excluding carboxylic acids is 1. The van der Waals surface area contributed by atoms with Crippen LogP contribution in [0.5, 0.6) is 5.75 Å². The van der Waals surface area contributed by atoms with Gasteiger partial charge in [-0.05, 0) is 52.9 Å². The zero-order chi connectivity index (χ0) is 15.4. The number of carbonyl (C=O) groups is 1. The molecule has 0 saturated heterocycles. The molecule has 2 rings (SSSR count). The van der Waals surface area contributed by atoms with Gasteiger partial charge in [-0.3, -0.25) is 4.79 Å². The standard InChI is InChI=1S/C15H13IN2O2S/c1-20-12-7-3-6-11(14(17)21)13(12)18-15(19)9-4-2-5-10(16)8-9/h2-8H,1H3,(H2,17,21)(H,18,19). The number of methoxy groups -OCH3 is 1. The molecule has 3 N–H and O–H groups in total. The number of para-hydroxylation sites is 1. The lowest BCUT2D eigenvalue weighted by Gasteiger charge is -2.14. The Morgan fingerprint density at radius 3 is 2.62 bits per heavy atom. The molecule has 108 valence electrons. The zero-order valence-electron chi connectivity index (χ0n) is 11.2. The van der Waals surface area contributed by atoms with E-state index < -0.39 is 0 Å². The van der Waals surface area contributed by atoms with Gasteiger partial charge in [0, 0.05) is 14.7 Å². The van der Waals surface area contributed by atoms with Crippen LogP contribution in [0.4, 0.5) is 5.69 Å². The van der Waals surface area contributed by atoms with Gasteiger partial charge >= 0.3 is 0 Å². The summed E-state index contributed by atoms with van der Waals surface area (Å²) in [6.07, 6.45) is 0. The van der Waals surface area contributed by atoms with E-state index in [2.05, 4.69) is 27.9 Å². The number of rotatable bonds is 4. The third-order valence-electron chi connectivity index (χ3n) is 2.84. The van der Waals surface area contributed by atoms with Crippen LogP contribution in [0, 0.1) is 3.57 Å². The Labute approximate surface area is 141 Å². The van der Waals surface area contributed by atoms with Gasteiger partial charge in [-0.15, -0.1) is 0 Å². The molecule has 0 saturated carbocycles. The zero-order valence-corrected chi connectivity index (χ0v) is 14.2. The van der Waals surface area contributed by atoms with Crippen LogP contribution < -0.4 is 15.8 Å². The van der Waals surface area contributed by atoms with E-state index in [0.717, 1.165) is 3.57 Å². The van der Waals surface area contributed by atoms with Crippen molar-refractivity contribution in [1.82, 2.24) is 0 Å². The highest BCUT2D eigenvalue weighted by atomic mass is 127. The van der Waals surface area contributed by atoms with Crippen LogP contribution in [-0.4, -0.2) is 18.0 Å². The highest BCUT2D eigenvalue weighted by Gasteiger charge is 2.15. The molecule has 1 amide bonds. The van der Waals surface area contributed by atoms with Crippen LogP contribution in [0.15, 0.2) is 42.5 Å². The minimum atomic E-state index is -0.240. The summed E-state index contributed by atoms with van der Waals surface area (Å²) in [5.41, 5.74) is 7.31. The third kappa shape index (κ3) is 3.70. The number of ether oxygens (including phenoxy) is 1. The fourth-order valence-electron chi connectivity index (χ4n) is 1.85. The first-order valence-electron chi connectivity index (χ1n) is 6.06. The summed E-state index contributed by atoms with van der Waals surface area (Å²) in [5.74, 6) is 0.273. The van der Waals surface area contributed by atoms with Gasteiger partial charge in [0.2, 0.25) is 0 Å². The summed E-state index contributed by atoms with van der Waals surface area (Å²) in [5, 5.41) is 2.82. The number of amides is 1. The van der Waals surface area contributed by atoms with Crippen LogP contribution in [0.3, 0.4) is 0 Å². The minimum absolute atomic E-state index is 0.201. The largest absolute Gasteiger partial charge is 0.495 e. The molecular weight excluding hydrogens is 399 g/mol. The smallest absolute Gasteiger partial charge is 0.255 e. The number of hydrogen-bond donors (Lipinski definition) is 2. The first-order chi connectivity index (χ1) is 10.0. The van der Waals surface area contributed by atoms with Crippen LogP contribution >= 0.6 is 34.8 Å². The lowest BCUT2D eigenvalue weighted by atomic mass is 10.1. The van der Waals surface area contributed by atoms with Crippen LogP contribution in [-0.2, 0) is 0 Å². The van der Waals surface area contributed by atoms with Crippen molar-refractivity contribution in [1.29, 1.82) is 0 Å². The Hall–Kier alpha value is -1.67. The van der Waals surface area contributed by atoms with Gasteiger partial charge in [-0.25, -0.2) is 0 Å². The average molecular weight is 412 g/mol. The maximum Gasteiger partial charge on any atom is 0.255 e. The number of nitrogens with one attached hydrogen (secondary N) is 1. The van der Waals surface area contributed by atoms with Crippen molar-refractivity contribution >= 4 is 51.4 Å². The van der Waals surface area contributed by atoms with Crippen molar-refractivity contribution in [2.24, 2.45) is 5.73 Å². The Balaban J connectivity index is 2.39. The van der Waals surface area contributed by atoms with Gasteiger partial charge in [0.1, 0.15) is 10.7 Å². The first-order valence-corrected chi connectivity index (χ1v) is 7.55. The van der Waals surface area contributed by atoms with Crippen LogP contribution in [0.25, 0.3) is 0 Å². The lowest BCUT2D eigenvalue weighted by molar-refractivity contribution is 0.102. The summed E-state index contributed by atoms with van der Waals surface area (Å²) in [7, 11) is 1.53. The van der Waals surface area contributed by atoms with Crippen molar-refractivity contribution in [3.8, 4) is 5.75 Å². The molecule has 0 bridgehead atoms. The van der Waals surface area contributed by atoms with E-state index in [9.17, 15) is 4.79 Å². The highest BCUT2D eigenvalue weighted by molar-refractivity contribution is 14.1. The second-order valence-electron chi connectivity index (χ2n) is 4.21. The molecule has 0 radical (unpaired) electrons. The number of anilines is 1. The Morgan fingerprint density at radius 2 is 2.00 bits per heavy atom. The van der Waals surface area contributed by atoms with E-state index in [4.69, 9.17) is 22.7 Å². The Kier molecular flexibility index (Phi) is 5.13. The number of hydrogen-bond acceptors (Lipinski definition) is 3. The van der Waals surface area contributed by atoms with Crippen molar-refractivity contribution < 1.29 is 9.53 Å². The summed E-state index contributed by atoms with van der Waals surface area (Å²) >= 11 is 7.17. The average Bonchev–Trinajstić information content (AvgIpc) is 2.47. The molecule has 2 aromatic rings. The Bertz CT molecular complexity index is 704. The van der Waals surface area contributed by atoms with Gasteiger partial charge in [0.05, 0.1) is 12.8 Å². The topological polar surface area (TPSA) is 64.3 Å². The predicted molar refractivity (Wildman–Crippen MR) is 96.0 cm³/mol. The second-order valence-corrected chi connectivity index (χ2v) is 5.90. The van der Waals surface area contributed by atoms with E-state index in [1.807, 2.05) is 12.1 Å². The van der Waals surface area contributed by atoms with E-state index in [0.29, 0.717) is 22.6 Å². The number of thiocarbonyl (C=S) groups is 1. The van der Waals surface area contributed by atoms with Gasteiger partial charge < -0.3 is 15.8 Å². The number of halogens is 1. The molecule has 0 aliphatic carbocycles. The van der Waals surface area contributed by atoms with E-state index in [1.54, 1.807) is 30.3 Å². The van der Waals surface area contributed by atoms with Gasteiger partial charge in [-0.2, -0.15) is 0 Å². The summed E-state index contributed by atoms with van der Waals surface area (Å²) in [4.78, 5) is 12.6. The lowest BCUT2D eigenvalue weighted by Crippen LogP contribution is -2.18. The fourth-order valence-corrected chi connectivity index (χ4v) is 2.56. The van der Waals surface area contributed by atoms with Crippen molar-refractivity contribution in [2.75, 3.05) is 12.4 Å². The van der Waals surface area contributed by atoms with E-state index in [-0.39, 0.29) is 10.9 Å². The summed E-state index contributed by atoms with van der Waals surface area (Å²) < 4.78 is 6.25. The normalized spacial score (nSPS) is 10.0. The van der Waals surface area contributed by atoms with Crippen molar-refractivity contribution in [2.45, 2.75) is 0 Å². The molecule has 4 nitrogen and oxygen atoms in total. The number of nitrogens with two attached hydrogens (primary N) is 1. The van der Waals surface area contributed by atoms with E-state index >= 15 is 0 Å². The second kappa shape index (κ2) is 6.86. The molecule has 0 fully saturated rings. The monoisotopic (exact) mass is 412 g/mol. The fraction of sp³-hybridized carbons (Fsp3) is 0.0667. The van der Waals surface area contributed by atoms with Crippen LogP contribution in [0.1, 0.15) is 15.9 Å². The molecule has 0 unspecified atom stereocenters. The number of benzene rings is 2. The minimum Gasteiger partial charge on any atom is -0.495 e. The summed E-state index contributed by atoms with van der Waals surface area (Å²) in [6.45, 7) is 0. The van der Waals surface area contributed by atoms with Gasteiger partial charge in [0.25, 0.3) is 5.91 Å². The van der Waals surface area contributed by atoms with Gasteiger partial charge in [0.15, 0.2) is 0 Å². The molecule has 2 aromatic carbocycles. The predicted octanol–water partition coefficient (Wildman–Crippen LogP) is 3.19. The molecular formula is C15H13IN2O2S. The molecule has 0 aromatic heterocycles. The maximum atomic E-state index is 12.4.